The SMILES string of the molecule is CCC(=O)NC(COCCC(=O)NCCCNC(=O)CCCCOC1OC(CO)C(O)C(O)C1NC(C)=O)(COCCC(=O)NCCCNC(=O)CCCCOC1OC(CO)C(O)C(O)C1NC(C)=O)COCCC(=O)NCCCNC(=O)CCCCO[C@H](O)CNC(C)=O. The number of nitrogens with one attached hydrogen (secondary N) is 10. The number of unbranched alkanes of at least 4 members (excludes halogenated alkanes) is 3. The first-order valence-corrected chi connectivity index (χ1v) is 32.6. The number of aliphatic hydroxyl groups is 7. The lowest BCUT2D eigenvalue weighted by Crippen LogP contribution is -2.64. The van der Waals surface area contributed by atoms with E-state index in [0.29, 0.717) is 64.3 Å². The topological polar surface area (TPSA) is 506 Å². The molecule has 35 heteroatoms. The lowest BCUT2D eigenvalue weighted by atomic mass is 9.97. The summed E-state index contributed by atoms with van der Waals surface area (Å²) in [4.78, 5) is 123. The molecule has 0 aromatic heterocycles. The van der Waals surface area contributed by atoms with Crippen molar-refractivity contribution in [2.24, 2.45) is 0 Å². The fourth-order valence-electron chi connectivity index (χ4n) is 9.37. The van der Waals surface area contributed by atoms with Gasteiger partial charge in [0.25, 0.3) is 0 Å². The maximum Gasteiger partial charge on any atom is 0.222 e. The molecule has 17 N–H and O–H groups in total. The molecule has 2 fully saturated rings. The molecule has 548 valence electrons. The number of rotatable bonds is 53. The highest BCUT2D eigenvalue weighted by atomic mass is 16.7. The standard InChI is InChI=1S/C60H108N10O25/c1-5-44(76)70-60(36-88-30-18-48(80)64-24-12-21-61-45(77)15-6-9-27-91-51(83)33-67-39(2)73,37-89-31-19-49(81)65-25-13-22-62-46(78)16-7-10-28-92-58-52(68-40(3)74)56(86)54(84)42(34-71)94-58)38-90-32-20-50(82)66-26-14-23-63-47(79)17-8-11-29-93-59-53(69-41(4)75)57(87)55(85)43(35-72)95-59/h42-43,51-59,71-72,83-87H,5-38H2,1-4H3,(H,61,77)(H,62,78)(H,63,79)(H,64,80)(H,65,81)(H,66,82)(H,67,73)(H,68,74)(H,69,75)(H,70,76)/t42?,43?,51-,52?,53?,54?,55?,56?,57?,58?,59?,60?/m0/s1. The first-order valence-electron chi connectivity index (χ1n) is 32.6. The molecule has 11 atom stereocenters. The summed E-state index contributed by atoms with van der Waals surface area (Å²) in [6.45, 7) is 5.34. The number of ether oxygens (including phenoxy) is 8. The minimum Gasteiger partial charge on any atom is -0.394 e. The van der Waals surface area contributed by atoms with Crippen LogP contribution in [0.2, 0.25) is 0 Å². The number of aliphatic hydroxyl groups excluding tert-OH is 7. The van der Waals surface area contributed by atoms with Crippen LogP contribution in [0.15, 0.2) is 0 Å². The second kappa shape index (κ2) is 50.5. The minimum atomic E-state index is -1.45. The molecule has 2 aliphatic rings. The molecule has 35 nitrogen and oxygen atoms in total. The van der Waals surface area contributed by atoms with E-state index in [1.165, 1.54) is 20.8 Å². The number of hydrogen-bond donors (Lipinski definition) is 17. The van der Waals surface area contributed by atoms with Crippen LogP contribution < -0.4 is 53.2 Å². The van der Waals surface area contributed by atoms with Crippen molar-refractivity contribution in [1.29, 1.82) is 0 Å². The second-order valence-corrected chi connectivity index (χ2v) is 23.0. The van der Waals surface area contributed by atoms with Gasteiger partial charge in [-0.1, -0.05) is 6.92 Å². The molecular weight excluding hydrogens is 1260 g/mol. The zero-order valence-corrected chi connectivity index (χ0v) is 55.4. The zero-order valence-electron chi connectivity index (χ0n) is 55.4. The average Bonchev–Trinajstić information content (AvgIpc) is 0.826. The molecule has 2 aliphatic heterocycles. The Hall–Kier alpha value is -5.90. The number of amides is 10. The van der Waals surface area contributed by atoms with Gasteiger partial charge in [0.1, 0.15) is 54.2 Å². The Bertz CT molecular complexity index is 2160. The van der Waals surface area contributed by atoms with E-state index in [9.17, 15) is 83.7 Å². The van der Waals surface area contributed by atoms with Crippen LogP contribution in [0, 0.1) is 0 Å². The molecule has 0 aliphatic carbocycles. The van der Waals surface area contributed by atoms with Crippen LogP contribution in [0.3, 0.4) is 0 Å². The fourth-order valence-corrected chi connectivity index (χ4v) is 9.37. The van der Waals surface area contributed by atoms with Crippen LogP contribution in [-0.2, 0) is 85.8 Å². The van der Waals surface area contributed by atoms with E-state index in [1.807, 2.05) is 0 Å². The predicted octanol–water partition coefficient (Wildman–Crippen LogP) is -5.76. The van der Waals surface area contributed by atoms with Crippen molar-refractivity contribution in [2.75, 3.05) is 118 Å². The highest BCUT2D eigenvalue weighted by Gasteiger charge is 2.46. The Morgan fingerprint density at radius 3 is 1.07 bits per heavy atom. The Labute approximate surface area is 554 Å². The van der Waals surface area contributed by atoms with Gasteiger partial charge in [-0.15, -0.1) is 0 Å². The van der Waals surface area contributed by atoms with Gasteiger partial charge in [-0.05, 0) is 57.8 Å². The first kappa shape index (κ1) is 85.2. The quantitative estimate of drug-likeness (QED) is 0.0199. The summed E-state index contributed by atoms with van der Waals surface area (Å²) < 4.78 is 45.4. The molecule has 2 heterocycles. The van der Waals surface area contributed by atoms with Crippen LogP contribution >= 0.6 is 0 Å². The van der Waals surface area contributed by atoms with Crippen molar-refractivity contribution in [3.8, 4) is 0 Å². The third kappa shape index (κ3) is 38.6. The summed E-state index contributed by atoms with van der Waals surface area (Å²) >= 11 is 0. The summed E-state index contributed by atoms with van der Waals surface area (Å²) in [5, 5.41) is 96.9. The molecule has 0 radical (unpaired) electrons. The average molecular weight is 1370 g/mol. The molecule has 0 aromatic rings. The van der Waals surface area contributed by atoms with Gasteiger partial charge in [-0.2, -0.15) is 0 Å². The van der Waals surface area contributed by atoms with Gasteiger partial charge in [0.2, 0.25) is 59.1 Å². The van der Waals surface area contributed by atoms with Crippen LogP contribution in [0.25, 0.3) is 0 Å². The van der Waals surface area contributed by atoms with Crippen LogP contribution in [0.1, 0.15) is 130 Å². The van der Waals surface area contributed by atoms with Crippen molar-refractivity contribution in [3.63, 3.8) is 0 Å². The number of carbonyl (C=O) groups is 10. The van der Waals surface area contributed by atoms with Crippen molar-refractivity contribution < 1.29 is 122 Å². The van der Waals surface area contributed by atoms with Crippen molar-refractivity contribution >= 4 is 59.1 Å². The molecule has 2 saturated heterocycles. The number of hydrogen-bond acceptors (Lipinski definition) is 25. The molecule has 10 unspecified atom stereocenters. The lowest BCUT2D eigenvalue weighted by molar-refractivity contribution is -0.270. The molecule has 0 aromatic carbocycles. The summed E-state index contributed by atoms with van der Waals surface area (Å²) in [5.41, 5.74) is -1.34. The maximum absolute atomic E-state index is 13.0. The van der Waals surface area contributed by atoms with E-state index < -0.39 is 98.1 Å². The Balaban J connectivity index is 1.82. The van der Waals surface area contributed by atoms with Crippen LogP contribution in [0.5, 0.6) is 0 Å². The zero-order chi connectivity index (χ0) is 70.4. The van der Waals surface area contributed by atoms with E-state index in [1.54, 1.807) is 6.92 Å². The predicted molar refractivity (Wildman–Crippen MR) is 334 cm³/mol. The lowest BCUT2D eigenvalue weighted by Gasteiger charge is -2.42. The second-order valence-electron chi connectivity index (χ2n) is 23.0. The van der Waals surface area contributed by atoms with E-state index in [0.717, 1.165) is 0 Å². The molecular formula is C60H108N10O25. The highest BCUT2D eigenvalue weighted by molar-refractivity contribution is 5.79. The molecule has 0 bridgehead atoms. The molecule has 0 saturated carbocycles. The van der Waals surface area contributed by atoms with Crippen molar-refractivity contribution in [2.45, 2.75) is 204 Å². The van der Waals surface area contributed by atoms with Crippen molar-refractivity contribution in [3.05, 3.63) is 0 Å². The minimum absolute atomic E-state index is 0.0355. The van der Waals surface area contributed by atoms with E-state index in [2.05, 4.69) is 53.2 Å². The van der Waals surface area contributed by atoms with E-state index >= 15 is 0 Å². The van der Waals surface area contributed by atoms with Gasteiger partial charge in [-0.3, -0.25) is 47.9 Å². The van der Waals surface area contributed by atoms with E-state index in [4.69, 9.17) is 37.9 Å². The van der Waals surface area contributed by atoms with Crippen molar-refractivity contribution in [1.82, 2.24) is 53.2 Å². The molecule has 10 amide bonds. The summed E-state index contributed by atoms with van der Waals surface area (Å²) in [7, 11) is 0. The third-order valence-electron chi connectivity index (χ3n) is 14.6. The monoisotopic (exact) mass is 1370 g/mol. The number of carbonyl (C=O) groups excluding carboxylic acids is 10. The maximum atomic E-state index is 13.0. The fraction of sp³-hybridized carbons (Fsp3) is 0.833. The van der Waals surface area contributed by atoms with Crippen LogP contribution in [0.4, 0.5) is 0 Å². The van der Waals surface area contributed by atoms with Gasteiger partial charge < -0.3 is 127 Å². The van der Waals surface area contributed by atoms with Gasteiger partial charge in [-0.25, -0.2) is 0 Å². The van der Waals surface area contributed by atoms with Gasteiger partial charge >= 0.3 is 0 Å². The third-order valence-corrected chi connectivity index (χ3v) is 14.6. The summed E-state index contributed by atoms with van der Waals surface area (Å²) in [6.07, 6.45) is -7.07. The summed E-state index contributed by atoms with van der Waals surface area (Å²) in [5.74, 6) is -3.35. The van der Waals surface area contributed by atoms with Crippen LogP contribution in [-0.4, -0.2) is 286 Å². The normalized spacial score (nSPS) is 21.8. The van der Waals surface area contributed by atoms with Gasteiger partial charge in [0, 0.05) is 125 Å². The molecule has 2 rings (SSSR count). The largest absolute Gasteiger partial charge is 0.394 e. The smallest absolute Gasteiger partial charge is 0.222 e. The van der Waals surface area contributed by atoms with Gasteiger partial charge in [0.15, 0.2) is 18.9 Å². The Kier molecular flexibility index (Phi) is 45.2. The molecule has 0 spiro atoms. The first-order chi connectivity index (χ1) is 45.4. The Morgan fingerprint density at radius 2 is 0.758 bits per heavy atom. The van der Waals surface area contributed by atoms with Gasteiger partial charge in [0.05, 0.1) is 59.4 Å². The summed E-state index contributed by atoms with van der Waals surface area (Å²) in [6, 6.07) is -2.16. The Morgan fingerprint density at radius 1 is 0.421 bits per heavy atom. The molecule has 95 heavy (non-hydrogen) atoms. The van der Waals surface area contributed by atoms with E-state index in [-0.39, 0.29) is 191 Å². The highest BCUT2D eigenvalue weighted by Crippen LogP contribution is 2.24.